The number of amides is 5. The first-order chi connectivity index (χ1) is 22.1. The number of nitrogens with two attached hydrogens (primary N) is 2. The second-order valence-electron chi connectivity index (χ2n) is 12.6. The van der Waals surface area contributed by atoms with Crippen molar-refractivity contribution in [2.75, 3.05) is 38.6 Å². The molecule has 0 aliphatic carbocycles. The van der Waals surface area contributed by atoms with Gasteiger partial charge >= 0.3 is 0 Å². The number of hydrogen-bond acceptors (Lipinski definition) is 11. The molecule has 8 N–H and O–H groups in total. The number of rotatable bonds is 25. The van der Waals surface area contributed by atoms with Crippen molar-refractivity contribution in [1.29, 1.82) is 5.41 Å². The van der Waals surface area contributed by atoms with Gasteiger partial charge < -0.3 is 31.3 Å². The maximum atomic E-state index is 12.6. The zero-order valence-corrected chi connectivity index (χ0v) is 30.4. The van der Waals surface area contributed by atoms with Gasteiger partial charge in [-0.05, 0) is 78.9 Å². The van der Waals surface area contributed by atoms with E-state index in [-0.39, 0.29) is 49.4 Å². The number of hydrogen-bond donors (Lipinski definition) is 6. The molecule has 1 aliphatic heterocycles. The van der Waals surface area contributed by atoms with E-state index < -0.39 is 28.4 Å². The van der Waals surface area contributed by atoms with Gasteiger partial charge in [0.1, 0.15) is 6.04 Å². The van der Waals surface area contributed by atoms with E-state index in [1.807, 2.05) is 41.5 Å². The third-order valence-corrected chi connectivity index (χ3v) is 8.50. The molecule has 0 bridgehead atoms. The lowest BCUT2D eigenvalue weighted by Crippen LogP contribution is -2.45. The number of nitrogens with zero attached hydrogens (tertiary/aromatic N) is 1. The third-order valence-electron chi connectivity index (χ3n) is 7.20. The average molecular weight is 688 g/mol. The van der Waals surface area contributed by atoms with Gasteiger partial charge in [-0.15, -0.1) is 11.8 Å². The van der Waals surface area contributed by atoms with E-state index in [1.165, 1.54) is 11.8 Å². The number of primary amides is 1. The second kappa shape index (κ2) is 23.7. The molecular formula is C32H61N7O7S. The summed E-state index contributed by atoms with van der Waals surface area (Å²) in [5.41, 5.74) is 7.51. The van der Waals surface area contributed by atoms with Crippen LogP contribution in [0.5, 0.6) is 0 Å². The number of carbonyl (C=O) groups is 5. The fourth-order valence-electron chi connectivity index (χ4n) is 4.42. The number of ether oxygens (including phenoxy) is 2. The Labute approximate surface area is 285 Å². The molecule has 0 radical (unpaired) electrons. The van der Waals surface area contributed by atoms with Gasteiger partial charge in [0.2, 0.25) is 29.5 Å². The number of likely N-dealkylation sites (tertiary alicyclic amines) is 1. The molecule has 2 unspecified atom stereocenters. The first-order valence-corrected chi connectivity index (χ1v) is 17.7. The summed E-state index contributed by atoms with van der Waals surface area (Å²) < 4.78 is 11.7. The highest BCUT2D eigenvalue weighted by molar-refractivity contribution is 8.00. The van der Waals surface area contributed by atoms with E-state index in [0.717, 1.165) is 11.3 Å². The number of nitrogens with one attached hydrogen (secondary N) is 4. The van der Waals surface area contributed by atoms with E-state index in [2.05, 4.69) is 16.1 Å². The molecule has 1 fully saturated rings. The minimum atomic E-state index is -0.826. The summed E-state index contributed by atoms with van der Waals surface area (Å²) in [5, 5.41) is 12.5. The largest absolute Gasteiger partial charge is 0.373 e. The topological polar surface area (TPSA) is 219 Å². The summed E-state index contributed by atoms with van der Waals surface area (Å²) >= 11 is 1.43. The molecule has 2 atom stereocenters. The van der Waals surface area contributed by atoms with E-state index in [0.29, 0.717) is 69.9 Å². The molecule has 47 heavy (non-hydrogen) atoms. The minimum absolute atomic E-state index is 0.0121. The summed E-state index contributed by atoms with van der Waals surface area (Å²) in [6.45, 7) is 15.0. The predicted molar refractivity (Wildman–Crippen MR) is 186 cm³/mol. The number of imide groups is 1. The zero-order valence-electron chi connectivity index (χ0n) is 29.6. The van der Waals surface area contributed by atoms with Gasteiger partial charge in [0.25, 0.3) is 0 Å². The van der Waals surface area contributed by atoms with Gasteiger partial charge in [0.15, 0.2) is 0 Å². The molecule has 14 nitrogen and oxygen atoms in total. The second-order valence-corrected chi connectivity index (χ2v) is 13.9. The van der Waals surface area contributed by atoms with Crippen LogP contribution in [0.4, 0.5) is 0 Å². The summed E-state index contributed by atoms with van der Waals surface area (Å²) in [4.78, 5) is 62.8. The van der Waals surface area contributed by atoms with Crippen molar-refractivity contribution in [3.63, 3.8) is 0 Å². The maximum absolute atomic E-state index is 12.6. The molecule has 0 spiro atoms. The van der Waals surface area contributed by atoms with E-state index in [1.54, 1.807) is 6.92 Å². The SMILES string of the molecule is CC.CC(=N)CCCSC1CC(=O)N(CCC(=O)NCCCCC(NC(=O)CCC(C)(C)OCC(C)(C)OCCNN)C(N)=O)C1=O. The third kappa shape index (κ3) is 20.4. The van der Waals surface area contributed by atoms with Crippen LogP contribution in [-0.2, 0) is 33.4 Å². The highest BCUT2D eigenvalue weighted by Crippen LogP contribution is 2.26. The van der Waals surface area contributed by atoms with Gasteiger partial charge in [-0.25, -0.2) is 0 Å². The molecule has 1 rings (SSSR count). The van der Waals surface area contributed by atoms with E-state index in [9.17, 15) is 24.0 Å². The summed E-state index contributed by atoms with van der Waals surface area (Å²) in [7, 11) is 0. The number of thioether (sulfide) groups is 1. The van der Waals surface area contributed by atoms with E-state index in [4.69, 9.17) is 26.5 Å². The van der Waals surface area contributed by atoms with Crippen molar-refractivity contribution < 1.29 is 33.4 Å². The summed E-state index contributed by atoms with van der Waals surface area (Å²) in [5.74, 6) is 4.22. The first-order valence-electron chi connectivity index (χ1n) is 16.6. The Kier molecular flexibility index (Phi) is 22.4. The van der Waals surface area contributed by atoms with Crippen LogP contribution in [-0.4, -0.2) is 101 Å². The molecule has 1 heterocycles. The van der Waals surface area contributed by atoms with Crippen LogP contribution in [0.25, 0.3) is 0 Å². The standard InChI is InChI=1S/C30H55N7O7S.C2H6/c1-21(31)9-8-18-45-23-19-26(40)37(28(23)42)16-12-24(38)34-14-7-6-10-22(27(32)41)36-25(39)11-13-29(2,3)44-20-30(4,5)43-17-15-35-33;1-2/h22-23,31,35H,6-20,33H2,1-5H3,(H2,32,41)(H,34,38)(H,36,39);1-2H3. The van der Waals surface area contributed by atoms with Crippen LogP contribution in [0.2, 0.25) is 0 Å². The van der Waals surface area contributed by atoms with Crippen LogP contribution in [0, 0.1) is 5.41 Å². The molecule has 5 amide bonds. The van der Waals surface area contributed by atoms with E-state index >= 15 is 0 Å². The van der Waals surface area contributed by atoms with Crippen LogP contribution < -0.4 is 27.6 Å². The zero-order chi connectivity index (χ0) is 36.0. The first kappa shape index (κ1) is 44.4. The van der Waals surface area contributed by atoms with Crippen molar-refractivity contribution in [2.24, 2.45) is 11.6 Å². The Balaban J connectivity index is 0.0000104. The number of unbranched alkanes of at least 4 members (excludes halogenated alkanes) is 1. The molecule has 0 aromatic heterocycles. The van der Waals surface area contributed by atoms with Crippen molar-refractivity contribution in [1.82, 2.24) is 21.0 Å². The highest BCUT2D eigenvalue weighted by atomic mass is 32.2. The van der Waals surface area contributed by atoms with Crippen molar-refractivity contribution in [2.45, 2.75) is 129 Å². The highest BCUT2D eigenvalue weighted by Gasteiger charge is 2.38. The smallest absolute Gasteiger partial charge is 0.242 e. The fraction of sp³-hybridized carbons (Fsp3) is 0.812. The fourth-order valence-corrected chi connectivity index (χ4v) is 5.55. The Hall–Kier alpha value is -2.59. The van der Waals surface area contributed by atoms with Gasteiger partial charge in [0, 0.05) is 44.6 Å². The van der Waals surface area contributed by atoms with Crippen molar-refractivity contribution in [3.05, 3.63) is 0 Å². The summed E-state index contributed by atoms with van der Waals surface area (Å²) in [6, 6.07) is -0.826. The van der Waals surface area contributed by atoms with Gasteiger partial charge in [-0.1, -0.05) is 13.8 Å². The molecular weight excluding hydrogens is 626 g/mol. The Morgan fingerprint density at radius 2 is 1.68 bits per heavy atom. The van der Waals surface area contributed by atoms with Crippen LogP contribution in [0.3, 0.4) is 0 Å². The van der Waals surface area contributed by atoms with Gasteiger partial charge in [-0.2, -0.15) is 0 Å². The van der Waals surface area contributed by atoms with Gasteiger partial charge in [0.05, 0.1) is 29.7 Å². The minimum Gasteiger partial charge on any atom is -0.373 e. The van der Waals surface area contributed by atoms with Crippen LogP contribution in [0.15, 0.2) is 0 Å². The summed E-state index contributed by atoms with van der Waals surface area (Å²) in [6.07, 6.45) is 3.60. The molecule has 272 valence electrons. The lowest BCUT2D eigenvalue weighted by Gasteiger charge is -2.32. The molecule has 0 aromatic rings. The lowest BCUT2D eigenvalue weighted by atomic mass is 10.0. The van der Waals surface area contributed by atoms with Crippen LogP contribution in [0.1, 0.15) is 106 Å². The van der Waals surface area contributed by atoms with Crippen LogP contribution >= 0.6 is 11.8 Å². The molecule has 0 aromatic carbocycles. The Morgan fingerprint density at radius 3 is 2.30 bits per heavy atom. The predicted octanol–water partition coefficient (Wildman–Crippen LogP) is 2.17. The van der Waals surface area contributed by atoms with Gasteiger partial charge in [-0.3, -0.25) is 40.1 Å². The Bertz CT molecular complexity index is 1010. The lowest BCUT2D eigenvalue weighted by molar-refractivity contribution is -0.138. The molecule has 0 saturated carbocycles. The van der Waals surface area contributed by atoms with Crippen molar-refractivity contribution in [3.8, 4) is 0 Å². The average Bonchev–Trinajstić information content (AvgIpc) is 3.27. The maximum Gasteiger partial charge on any atom is 0.242 e. The number of hydrazine groups is 1. The normalized spacial score (nSPS) is 15.6. The monoisotopic (exact) mass is 687 g/mol. The molecule has 15 heteroatoms. The quantitative estimate of drug-likeness (QED) is 0.0270. The van der Waals surface area contributed by atoms with Crippen molar-refractivity contribution >= 4 is 47.0 Å². The molecule has 1 saturated heterocycles. The molecule has 1 aliphatic rings. The number of carbonyl (C=O) groups excluding carboxylic acids is 5. The Morgan fingerprint density at radius 1 is 1.00 bits per heavy atom.